The van der Waals surface area contributed by atoms with E-state index in [1.165, 1.54) is 7.11 Å². The minimum absolute atomic E-state index is 0.0256. The van der Waals surface area contributed by atoms with Crippen LogP contribution in [0.5, 0.6) is 0 Å². The van der Waals surface area contributed by atoms with Crippen molar-refractivity contribution in [2.45, 2.75) is 13.0 Å². The first-order chi connectivity index (χ1) is 6.11. The van der Waals surface area contributed by atoms with E-state index >= 15 is 0 Å². The molecule has 0 saturated heterocycles. The van der Waals surface area contributed by atoms with Gasteiger partial charge in [0.05, 0.1) is 32.8 Å². The molecule has 78 valence electrons. The molecular weight excluding hydrogens is 176 g/mol. The molecule has 0 aliphatic rings. The Labute approximate surface area is 77.3 Å². The zero-order chi connectivity index (χ0) is 10.3. The summed E-state index contributed by atoms with van der Waals surface area (Å²) in [6, 6.07) is 0. The van der Waals surface area contributed by atoms with E-state index in [1.54, 1.807) is 6.92 Å². The molecule has 1 unspecified atom stereocenters. The highest BCUT2D eigenvalue weighted by atomic mass is 16.5. The maximum absolute atomic E-state index is 10.8. The summed E-state index contributed by atoms with van der Waals surface area (Å²) in [5.74, 6) is -0.700. The van der Waals surface area contributed by atoms with Gasteiger partial charge in [-0.1, -0.05) is 0 Å². The Bertz CT molecular complexity index is 147. The first kappa shape index (κ1) is 12.3. The Kier molecular flexibility index (Phi) is 6.48. The van der Waals surface area contributed by atoms with Crippen LogP contribution in [0.2, 0.25) is 0 Å². The standard InChI is InChI=1S/C8H16O5/c1-6(8(11)12-2)4-13-5-7(10)3-9/h6-7,9-10H,3-5H2,1-2H3/t6-,7?/m1/s1. The number of methoxy groups -OCH3 is 1. The van der Waals surface area contributed by atoms with Crippen LogP contribution in [-0.2, 0) is 14.3 Å². The Morgan fingerprint density at radius 3 is 2.54 bits per heavy atom. The topological polar surface area (TPSA) is 76.0 Å². The first-order valence-electron chi connectivity index (χ1n) is 4.06. The third kappa shape index (κ3) is 5.57. The van der Waals surface area contributed by atoms with E-state index in [9.17, 15) is 4.79 Å². The van der Waals surface area contributed by atoms with E-state index in [0.29, 0.717) is 0 Å². The lowest BCUT2D eigenvalue weighted by Gasteiger charge is -2.11. The van der Waals surface area contributed by atoms with Gasteiger partial charge in [0.25, 0.3) is 0 Å². The van der Waals surface area contributed by atoms with Crippen LogP contribution in [0.4, 0.5) is 0 Å². The molecule has 2 atom stereocenters. The fraction of sp³-hybridized carbons (Fsp3) is 0.875. The molecule has 2 N–H and O–H groups in total. The molecular formula is C8H16O5. The van der Waals surface area contributed by atoms with Crippen molar-refractivity contribution >= 4 is 5.97 Å². The van der Waals surface area contributed by atoms with Crippen LogP contribution in [0.15, 0.2) is 0 Å². The Hall–Kier alpha value is -0.650. The van der Waals surface area contributed by atoms with Crippen molar-refractivity contribution in [2.75, 3.05) is 26.9 Å². The molecule has 0 spiro atoms. The summed E-state index contributed by atoms with van der Waals surface area (Å²) in [6.45, 7) is 1.53. The molecule has 0 aliphatic heterocycles. The van der Waals surface area contributed by atoms with Crippen molar-refractivity contribution in [3.05, 3.63) is 0 Å². The summed E-state index contributed by atoms with van der Waals surface area (Å²) in [5.41, 5.74) is 0. The smallest absolute Gasteiger partial charge is 0.310 e. The predicted molar refractivity (Wildman–Crippen MR) is 45.1 cm³/mol. The van der Waals surface area contributed by atoms with Gasteiger partial charge in [-0.2, -0.15) is 0 Å². The Balaban J connectivity index is 3.47. The summed E-state index contributed by atoms with van der Waals surface area (Å²) in [7, 11) is 1.31. The molecule has 0 bridgehead atoms. The Morgan fingerprint density at radius 2 is 2.08 bits per heavy atom. The lowest BCUT2D eigenvalue weighted by atomic mass is 10.2. The molecule has 0 fully saturated rings. The van der Waals surface area contributed by atoms with Crippen LogP contribution < -0.4 is 0 Å². The highest BCUT2D eigenvalue weighted by Crippen LogP contribution is 1.98. The van der Waals surface area contributed by atoms with Gasteiger partial charge in [-0.15, -0.1) is 0 Å². The van der Waals surface area contributed by atoms with Crippen molar-refractivity contribution in [3.8, 4) is 0 Å². The van der Waals surface area contributed by atoms with Gasteiger partial charge in [0.1, 0.15) is 6.10 Å². The van der Waals surface area contributed by atoms with E-state index in [-0.39, 0.29) is 31.7 Å². The third-order valence-corrected chi connectivity index (χ3v) is 1.49. The van der Waals surface area contributed by atoms with E-state index in [1.807, 2.05) is 0 Å². The maximum atomic E-state index is 10.8. The van der Waals surface area contributed by atoms with Crippen LogP contribution in [0.3, 0.4) is 0 Å². The minimum atomic E-state index is -0.884. The van der Waals surface area contributed by atoms with Crippen molar-refractivity contribution in [1.29, 1.82) is 0 Å². The van der Waals surface area contributed by atoms with Crippen LogP contribution >= 0.6 is 0 Å². The quantitative estimate of drug-likeness (QED) is 0.537. The second kappa shape index (κ2) is 6.82. The summed E-state index contributed by atoms with van der Waals surface area (Å²) in [4.78, 5) is 10.8. The fourth-order valence-electron chi connectivity index (χ4n) is 0.703. The molecule has 5 nitrogen and oxygen atoms in total. The van der Waals surface area contributed by atoms with Crippen LogP contribution in [-0.4, -0.2) is 49.2 Å². The van der Waals surface area contributed by atoms with E-state index in [2.05, 4.69) is 4.74 Å². The molecule has 0 aliphatic carbocycles. The van der Waals surface area contributed by atoms with Crippen LogP contribution in [0.1, 0.15) is 6.92 Å². The largest absolute Gasteiger partial charge is 0.469 e. The predicted octanol–water partition coefficient (Wildman–Crippen LogP) is -0.835. The van der Waals surface area contributed by atoms with Gasteiger partial charge < -0.3 is 19.7 Å². The average Bonchev–Trinajstić information content (AvgIpc) is 2.15. The second-order valence-electron chi connectivity index (χ2n) is 2.80. The van der Waals surface area contributed by atoms with Gasteiger partial charge in [0, 0.05) is 0 Å². The third-order valence-electron chi connectivity index (χ3n) is 1.49. The number of ether oxygens (including phenoxy) is 2. The number of hydrogen-bond donors (Lipinski definition) is 2. The fourth-order valence-corrected chi connectivity index (χ4v) is 0.703. The van der Waals surface area contributed by atoms with Gasteiger partial charge in [0.2, 0.25) is 0 Å². The lowest BCUT2D eigenvalue weighted by molar-refractivity contribution is -0.147. The van der Waals surface area contributed by atoms with Crippen molar-refractivity contribution in [3.63, 3.8) is 0 Å². The number of aliphatic hydroxyl groups is 2. The zero-order valence-corrected chi connectivity index (χ0v) is 7.90. The van der Waals surface area contributed by atoms with Gasteiger partial charge >= 0.3 is 5.97 Å². The molecule has 0 heterocycles. The van der Waals surface area contributed by atoms with Crippen molar-refractivity contribution < 1.29 is 24.5 Å². The van der Waals surface area contributed by atoms with Gasteiger partial charge in [-0.3, -0.25) is 4.79 Å². The first-order valence-corrected chi connectivity index (χ1v) is 4.06. The maximum Gasteiger partial charge on any atom is 0.310 e. The van der Waals surface area contributed by atoms with Crippen molar-refractivity contribution in [2.24, 2.45) is 5.92 Å². The number of carbonyl (C=O) groups excluding carboxylic acids is 1. The summed E-state index contributed by atoms with van der Waals surface area (Å²) in [5, 5.41) is 17.3. The number of carbonyl (C=O) groups is 1. The summed E-state index contributed by atoms with van der Waals surface area (Å²) in [6.07, 6.45) is -0.884. The molecule has 0 radical (unpaired) electrons. The van der Waals surface area contributed by atoms with E-state index in [0.717, 1.165) is 0 Å². The molecule has 0 aromatic rings. The summed E-state index contributed by atoms with van der Waals surface area (Å²) >= 11 is 0. The van der Waals surface area contributed by atoms with Gasteiger partial charge in [0.15, 0.2) is 0 Å². The van der Waals surface area contributed by atoms with Crippen molar-refractivity contribution in [1.82, 2.24) is 0 Å². The highest BCUT2D eigenvalue weighted by Gasteiger charge is 2.13. The second-order valence-corrected chi connectivity index (χ2v) is 2.80. The number of aliphatic hydroxyl groups excluding tert-OH is 2. The molecule has 0 saturated carbocycles. The summed E-state index contributed by atoms with van der Waals surface area (Å²) < 4.78 is 9.43. The average molecular weight is 192 g/mol. The van der Waals surface area contributed by atoms with Crippen LogP contribution in [0, 0.1) is 5.92 Å². The minimum Gasteiger partial charge on any atom is -0.469 e. The van der Waals surface area contributed by atoms with E-state index in [4.69, 9.17) is 14.9 Å². The molecule has 5 heteroatoms. The number of hydrogen-bond acceptors (Lipinski definition) is 5. The molecule has 0 aromatic carbocycles. The zero-order valence-electron chi connectivity index (χ0n) is 7.90. The van der Waals surface area contributed by atoms with E-state index < -0.39 is 6.10 Å². The SMILES string of the molecule is COC(=O)[C@H](C)COCC(O)CO. The molecule has 0 rings (SSSR count). The van der Waals surface area contributed by atoms with Crippen LogP contribution in [0.25, 0.3) is 0 Å². The molecule has 0 amide bonds. The highest BCUT2D eigenvalue weighted by molar-refractivity contribution is 5.71. The van der Waals surface area contributed by atoms with Gasteiger partial charge in [-0.05, 0) is 6.92 Å². The molecule has 13 heavy (non-hydrogen) atoms. The normalized spacial score (nSPS) is 15.1. The monoisotopic (exact) mass is 192 g/mol. The Morgan fingerprint density at radius 1 is 1.46 bits per heavy atom. The lowest BCUT2D eigenvalue weighted by Crippen LogP contribution is -2.24. The molecule has 0 aromatic heterocycles. The number of rotatable bonds is 6. The number of esters is 1. The van der Waals surface area contributed by atoms with Gasteiger partial charge in [-0.25, -0.2) is 0 Å².